The van der Waals surface area contributed by atoms with Crippen LogP contribution in [0.1, 0.15) is 6.42 Å². The van der Waals surface area contributed by atoms with Crippen LogP contribution < -0.4 is 0 Å². The fraction of sp³-hybridized carbons (Fsp3) is 0.857. The zero-order chi connectivity index (χ0) is 7.84. The molecule has 0 aliphatic carbocycles. The first kappa shape index (κ1) is 7.68. The zero-order valence-electron chi connectivity index (χ0n) is 7.08. The van der Waals surface area contributed by atoms with Crippen molar-refractivity contribution in [2.75, 3.05) is 20.1 Å². The summed E-state index contributed by atoms with van der Waals surface area (Å²) < 4.78 is 0. The third kappa shape index (κ3) is 1.47. The SMILES string of the molecule is BC1=NC2CCN(C)CC2S1. The van der Waals surface area contributed by atoms with Crippen LogP contribution in [0.15, 0.2) is 4.99 Å². The molecule has 1 fully saturated rings. The molecule has 0 N–H and O–H groups in total. The summed E-state index contributed by atoms with van der Waals surface area (Å²) in [5.41, 5.74) is 0. The molecule has 11 heavy (non-hydrogen) atoms. The van der Waals surface area contributed by atoms with Gasteiger partial charge in [0, 0.05) is 16.7 Å². The van der Waals surface area contributed by atoms with Crippen LogP contribution in [-0.4, -0.2) is 49.1 Å². The van der Waals surface area contributed by atoms with Gasteiger partial charge >= 0.3 is 0 Å². The summed E-state index contributed by atoms with van der Waals surface area (Å²) in [6.07, 6.45) is 1.26. The maximum Gasteiger partial charge on any atom is 0.172 e. The molecule has 2 heterocycles. The lowest BCUT2D eigenvalue weighted by atomic mass is 10.1. The molecule has 0 radical (unpaired) electrons. The molecule has 4 heteroatoms. The number of hydrogen-bond donors (Lipinski definition) is 0. The molecule has 2 aliphatic rings. The van der Waals surface area contributed by atoms with Gasteiger partial charge in [-0.3, -0.25) is 4.99 Å². The van der Waals surface area contributed by atoms with E-state index in [2.05, 4.69) is 24.8 Å². The molecule has 2 unspecified atom stereocenters. The summed E-state index contributed by atoms with van der Waals surface area (Å²) in [5.74, 6) is 0. The normalized spacial score (nSPS) is 38.5. The number of nitrogens with zero attached hydrogens (tertiary/aromatic N) is 2. The zero-order valence-corrected chi connectivity index (χ0v) is 7.90. The van der Waals surface area contributed by atoms with Gasteiger partial charge in [0.1, 0.15) is 0 Å². The Hall–Kier alpha value is 0.0449. The van der Waals surface area contributed by atoms with Gasteiger partial charge < -0.3 is 4.90 Å². The lowest BCUT2D eigenvalue weighted by molar-refractivity contribution is 0.266. The number of rotatable bonds is 0. The number of thioether (sulfide) groups is 1. The van der Waals surface area contributed by atoms with E-state index in [4.69, 9.17) is 0 Å². The van der Waals surface area contributed by atoms with Crippen LogP contribution in [0, 0.1) is 0 Å². The molecule has 60 valence electrons. The molecular weight excluding hydrogens is 155 g/mol. The molecule has 2 aliphatic heterocycles. The van der Waals surface area contributed by atoms with Crippen molar-refractivity contribution in [1.29, 1.82) is 0 Å². The van der Waals surface area contributed by atoms with Crippen LogP contribution in [0.25, 0.3) is 0 Å². The first-order chi connectivity index (χ1) is 5.25. The molecule has 0 saturated carbocycles. The number of fused-ring (bicyclic) bond motifs is 1. The van der Waals surface area contributed by atoms with Gasteiger partial charge in [-0.05, 0) is 20.0 Å². The lowest BCUT2D eigenvalue weighted by Gasteiger charge is -2.30. The Morgan fingerprint density at radius 1 is 1.73 bits per heavy atom. The fourth-order valence-corrected chi connectivity index (χ4v) is 3.12. The van der Waals surface area contributed by atoms with Gasteiger partial charge in [-0.2, -0.15) is 0 Å². The summed E-state index contributed by atoms with van der Waals surface area (Å²) in [4.78, 5) is 8.29. The van der Waals surface area contributed by atoms with Gasteiger partial charge in [0.05, 0.1) is 6.04 Å². The van der Waals surface area contributed by atoms with Crippen molar-refractivity contribution < 1.29 is 0 Å². The van der Waals surface area contributed by atoms with E-state index >= 15 is 0 Å². The van der Waals surface area contributed by atoms with E-state index < -0.39 is 0 Å². The standard InChI is InChI=1S/C7H13BN2S/c1-10-3-2-5-6(4-10)11-7(8)9-5/h5-6H,2-4,8H2,1H3. The summed E-state index contributed by atoms with van der Waals surface area (Å²) in [7, 11) is 4.33. The van der Waals surface area contributed by atoms with Crippen molar-refractivity contribution in [3.8, 4) is 0 Å². The molecule has 2 nitrogen and oxygen atoms in total. The summed E-state index contributed by atoms with van der Waals surface area (Å²) in [5, 5.41) is 0.758. The van der Waals surface area contributed by atoms with E-state index in [0.717, 1.165) is 5.25 Å². The second-order valence-electron chi connectivity index (χ2n) is 3.42. The first-order valence-electron chi connectivity index (χ1n) is 4.15. The average molecular weight is 168 g/mol. The monoisotopic (exact) mass is 168 g/mol. The highest BCUT2D eigenvalue weighted by atomic mass is 32.2. The number of hydrogen-bond acceptors (Lipinski definition) is 3. The Kier molecular flexibility index (Phi) is 1.98. The number of likely N-dealkylation sites (tertiary alicyclic amines) is 1. The molecule has 0 aromatic carbocycles. The molecule has 2 rings (SSSR count). The molecule has 0 spiro atoms. The van der Waals surface area contributed by atoms with Crippen molar-refractivity contribution >= 4 is 24.6 Å². The van der Waals surface area contributed by atoms with Gasteiger partial charge in [-0.25, -0.2) is 0 Å². The lowest BCUT2D eigenvalue weighted by Crippen LogP contribution is -2.40. The Labute approximate surface area is 72.8 Å². The van der Waals surface area contributed by atoms with Crippen molar-refractivity contribution in [3.63, 3.8) is 0 Å². The quantitative estimate of drug-likeness (QED) is 0.465. The van der Waals surface area contributed by atoms with Gasteiger partial charge in [0.15, 0.2) is 7.85 Å². The number of piperidine rings is 1. The van der Waals surface area contributed by atoms with Crippen LogP contribution in [-0.2, 0) is 0 Å². The third-order valence-electron chi connectivity index (χ3n) is 2.40. The van der Waals surface area contributed by atoms with Gasteiger partial charge in [-0.1, -0.05) is 0 Å². The molecule has 1 saturated heterocycles. The van der Waals surface area contributed by atoms with Crippen LogP contribution in [0.5, 0.6) is 0 Å². The molecular formula is C7H13BN2S. The molecule has 0 aromatic heterocycles. The summed E-state index contributed by atoms with van der Waals surface area (Å²) in [6.45, 7) is 2.44. The molecule has 0 amide bonds. The van der Waals surface area contributed by atoms with Crippen molar-refractivity contribution in [2.45, 2.75) is 17.7 Å². The van der Waals surface area contributed by atoms with Crippen LogP contribution >= 0.6 is 11.8 Å². The van der Waals surface area contributed by atoms with Crippen molar-refractivity contribution in [1.82, 2.24) is 4.90 Å². The first-order valence-corrected chi connectivity index (χ1v) is 5.03. The predicted octanol–water partition coefficient (Wildman–Crippen LogP) is -0.205. The van der Waals surface area contributed by atoms with E-state index in [1.807, 2.05) is 11.8 Å². The third-order valence-corrected chi connectivity index (χ3v) is 3.61. The Balaban J connectivity index is 2.03. The highest BCUT2D eigenvalue weighted by Crippen LogP contribution is 2.30. The Morgan fingerprint density at radius 2 is 2.55 bits per heavy atom. The minimum Gasteiger partial charge on any atom is -0.305 e. The molecule has 0 bridgehead atoms. The van der Waals surface area contributed by atoms with E-state index in [0.29, 0.717) is 6.04 Å². The van der Waals surface area contributed by atoms with Crippen molar-refractivity contribution in [3.05, 3.63) is 0 Å². The maximum absolute atomic E-state index is 4.60. The Morgan fingerprint density at radius 3 is 3.36 bits per heavy atom. The largest absolute Gasteiger partial charge is 0.305 e. The van der Waals surface area contributed by atoms with Crippen LogP contribution in [0.2, 0.25) is 0 Å². The minimum absolute atomic E-state index is 0.635. The molecule has 0 aromatic rings. The predicted molar refractivity (Wildman–Crippen MR) is 53.3 cm³/mol. The van der Waals surface area contributed by atoms with E-state index in [9.17, 15) is 0 Å². The van der Waals surface area contributed by atoms with E-state index in [-0.39, 0.29) is 0 Å². The number of aliphatic imine (C=N–C) groups is 1. The second-order valence-corrected chi connectivity index (χ2v) is 4.85. The summed E-state index contributed by atoms with van der Waals surface area (Å²) in [6, 6.07) is 0.635. The molecule has 2 atom stereocenters. The second kappa shape index (κ2) is 2.83. The van der Waals surface area contributed by atoms with E-state index in [1.165, 1.54) is 24.5 Å². The Bertz CT molecular complexity index is 195. The van der Waals surface area contributed by atoms with Crippen LogP contribution in [0.4, 0.5) is 0 Å². The van der Waals surface area contributed by atoms with Crippen LogP contribution in [0.3, 0.4) is 0 Å². The maximum atomic E-state index is 4.60. The smallest absolute Gasteiger partial charge is 0.172 e. The van der Waals surface area contributed by atoms with Crippen molar-refractivity contribution in [2.24, 2.45) is 4.99 Å². The highest BCUT2D eigenvalue weighted by Gasteiger charge is 2.32. The van der Waals surface area contributed by atoms with Gasteiger partial charge in [-0.15, -0.1) is 11.8 Å². The van der Waals surface area contributed by atoms with Gasteiger partial charge in [0.25, 0.3) is 0 Å². The van der Waals surface area contributed by atoms with E-state index in [1.54, 1.807) is 0 Å². The van der Waals surface area contributed by atoms with Gasteiger partial charge in [0.2, 0.25) is 0 Å². The fourth-order valence-electron chi connectivity index (χ4n) is 1.81. The highest BCUT2D eigenvalue weighted by molar-refractivity contribution is 8.17. The minimum atomic E-state index is 0.635. The average Bonchev–Trinajstić information content (AvgIpc) is 2.27. The topological polar surface area (TPSA) is 15.6 Å². The summed E-state index contributed by atoms with van der Waals surface area (Å²) >= 11 is 1.96.